The molecule has 22 heavy (non-hydrogen) atoms. The summed E-state index contributed by atoms with van der Waals surface area (Å²) in [5, 5.41) is 3.02. The van der Waals surface area contributed by atoms with Gasteiger partial charge >= 0.3 is 6.03 Å². The zero-order chi connectivity index (χ0) is 15.4. The lowest BCUT2D eigenvalue weighted by Gasteiger charge is -2.28. The van der Waals surface area contributed by atoms with Gasteiger partial charge in [-0.05, 0) is 24.6 Å². The molecule has 1 atom stereocenters. The van der Waals surface area contributed by atoms with Crippen LogP contribution in [0.3, 0.4) is 0 Å². The summed E-state index contributed by atoms with van der Waals surface area (Å²) in [4.78, 5) is 14.0. The van der Waals surface area contributed by atoms with Crippen molar-refractivity contribution in [3.8, 4) is 11.5 Å². The molecule has 6 nitrogen and oxygen atoms in total. The van der Waals surface area contributed by atoms with Gasteiger partial charge in [-0.15, -0.1) is 0 Å². The molecule has 2 amide bonds. The van der Waals surface area contributed by atoms with Crippen LogP contribution in [-0.2, 0) is 4.74 Å². The standard InChI is InChI=1S/C16H22N2O4/c1-12(17-16(19)18-5-9-20-10-6-18)13-3-4-14-15(11-13)22-8-2-7-21-14/h3-4,11-12H,2,5-10H2,1H3,(H,17,19)/t12-/m0/s1. The molecule has 1 saturated heterocycles. The molecular formula is C16H22N2O4. The van der Waals surface area contributed by atoms with Gasteiger partial charge < -0.3 is 24.4 Å². The van der Waals surface area contributed by atoms with Gasteiger partial charge in [0.05, 0.1) is 32.5 Å². The molecule has 1 fully saturated rings. The number of nitrogens with one attached hydrogen (secondary N) is 1. The number of morpholine rings is 1. The molecule has 1 N–H and O–H groups in total. The Morgan fingerprint density at radius 2 is 1.86 bits per heavy atom. The number of amides is 2. The average Bonchev–Trinajstić information content (AvgIpc) is 2.80. The van der Waals surface area contributed by atoms with Crippen molar-refractivity contribution in [2.45, 2.75) is 19.4 Å². The van der Waals surface area contributed by atoms with Gasteiger partial charge in [0, 0.05) is 19.5 Å². The summed E-state index contributed by atoms with van der Waals surface area (Å²) in [5.74, 6) is 1.52. The molecule has 0 saturated carbocycles. The van der Waals surface area contributed by atoms with Crippen LogP contribution in [0.1, 0.15) is 24.9 Å². The average molecular weight is 306 g/mol. The van der Waals surface area contributed by atoms with E-state index in [2.05, 4.69) is 5.32 Å². The van der Waals surface area contributed by atoms with Crippen LogP contribution in [0, 0.1) is 0 Å². The quantitative estimate of drug-likeness (QED) is 0.907. The Bertz CT molecular complexity index is 529. The van der Waals surface area contributed by atoms with Crippen molar-refractivity contribution in [1.29, 1.82) is 0 Å². The van der Waals surface area contributed by atoms with Gasteiger partial charge in [0.1, 0.15) is 0 Å². The van der Waals surface area contributed by atoms with Crippen molar-refractivity contribution in [3.63, 3.8) is 0 Å². The van der Waals surface area contributed by atoms with Crippen LogP contribution in [0.2, 0.25) is 0 Å². The lowest BCUT2D eigenvalue weighted by atomic mass is 10.1. The molecule has 0 spiro atoms. The van der Waals surface area contributed by atoms with Crippen molar-refractivity contribution >= 4 is 6.03 Å². The van der Waals surface area contributed by atoms with Crippen LogP contribution in [-0.4, -0.2) is 50.4 Å². The van der Waals surface area contributed by atoms with Crippen LogP contribution in [0.15, 0.2) is 18.2 Å². The van der Waals surface area contributed by atoms with Crippen molar-refractivity contribution in [1.82, 2.24) is 10.2 Å². The summed E-state index contributed by atoms with van der Waals surface area (Å²) in [6.45, 7) is 5.79. The number of hydrogen-bond acceptors (Lipinski definition) is 4. The second-order valence-corrected chi connectivity index (χ2v) is 5.53. The SMILES string of the molecule is C[C@H](NC(=O)N1CCOCC1)c1ccc2c(c1)OCCCO2. The van der Waals surface area contributed by atoms with E-state index in [1.807, 2.05) is 25.1 Å². The third-order valence-corrected chi connectivity index (χ3v) is 3.91. The summed E-state index contributed by atoms with van der Waals surface area (Å²) in [6, 6.07) is 5.69. The summed E-state index contributed by atoms with van der Waals surface area (Å²) in [7, 11) is 0. The number of carbonyl (C=O) groups is 1. The third kappa shape index (κ3) is 3.44. The van der Waals surface area contributed by atoms with E-state index >= 15 is 0 Å². The van der Waals surface area contributed by atoms with E-state index in [0.717, 1.165) is 23.5 Å². The van der Waals surface area contributed by atoms with E-state index in [9.17, 15) is 4.79 Å². The normalized spacial score (nSPS) is 19.2. The Hall–Kier alpha value is -1.95. The molecule has 2 heterocycles. The van der Waals surface area contributed by atoms with E-state index in [4.69, 9.17) is 14.2 Å². The lowest BCUT2D eigenvalue weighted by molar-refractivity contribution is 0.0526. The smallest absolute Gasteiger partial charge is 0.318 e. The molecule has 3 rings (SSSR count). The highest BCUT2D eigenvalue weighted by atomic mass is 16.5. The molecule has 2 aliphatic rings. The number of carbonyl (C=O) groups excluding carboxylic acids is 1. The van der Waals surface area contributed by atoms with E-state index in [1.165, 1.54) is 0 Å². The van der Waals surface area contributed by atoms with Crippen LogP contribution in [0.25, 0.3) is 0 Å². The van der Waals surface area contributed by atoms with E-state index in [0.29, 0.717) is 39.5 Å². The first-order valence-corrected chi connectivity index (χ1v) is 7.77. The molecule has 2 aliphatic heterocycles. The fourth-order valence-electron chi connectivity index (χ4n) is 2.58. The van der Waals surface area contributed by atoms with Gasteiger partial charge in [-0.25, -0.2) is 4.79 Å². The van der Waals surface area contributed by atoms with Gasteiger partial charge in [0.2, 0.25) is 0 Å². The van der Waals surface area contributed by atoms with E-state index < -0.39 is 0 Å². The van der Waals surface area contributed by atoms with Crippen LogP contribution in [0.4, 0.5) is 4.79 Å². The fraction of sp³-hybridized carbons (Fsp3) is 0.562. The molecule has 0 unspecified atom stereocenters. The summed E-state index contributed by atoms with van der Waals surface area (Å²) >= 11 is 0. The minimum absolute atomic E-state index is 0.0529. The molecule has 0 radical (unpaired) electrons. The number of ether oxygens (including phenoxy) is 3. The van der Waals surface area contributed by atoms with E-state index in [1.54, 1.807) is 4.90 Å². The zero-order valence-electron chi connectivity index (χ0n) is 12.8. The number of nitrogens with zero attached hydrogens (tertiary/aromatic N) is 1. The maximum absolute atomic E-state index is 12.2. The van der Waals surface area contributed by atoms with Crippen LogP contribution < -0.4 is 14.8 Å². The molecule has 120 valence electrons. The second kappa shape index (κ2) is 6.87. The van der Waals surface area contributed by atoms with Crippen molar-refractivity contribution in [3.05, 3.63) is 23.8 Å². The number of urea groups is 1. The Labute approximate surface area is 130 Å². The Kier molecular flexibility index (Phi) is 4.68. The lowest BCUT2D eigenvalue weighted by Crippen LogP contribution is -2.46. The first-order chi connectivity index (χ1) is 10.7. The predicted molar refractivity (Wildman–Crippen MR) is 81.4 cm³/mol. The molecule has 6 heteroatoms. The third-order valence-electron chi connectivity index (χ3n) is 3.91. The summed E-state index contributed by atoms with van der Waals surface area (Å²) in [5.41, 5.74) is 1.01. The van der Waals surface area contributed by atoms with Crippen molar-refractivity contribution in [2.75, 3.05) is 39.5 Å². The first-order valence-electron chi connectivity index (χ1n) is 7.77. The molecule has 1 aromatic rings. The maximum Gasteiger partial charge on any atom is 0.318 e. The predicted octanol–water partition coefficient (Wildman–Crippen LogP) is 1.95. The number of rotatable bonds is 2. The van der Waals surface area contributed by atoms with Crippen LogP contribution in [0.5, 0.6) is 11.5 Å². The molecule has 1 aromatic carbocycles. The molecular weight excluding hydrogens is 284 g/mol. The number of hydrogen-bond donors (Lipinski definition) is 1. The minimum atomic E-state index is -0.0903. The van der Waals surface area contributed by atoms with Gasteiger partial charge in [0.25, 0.3) is 0 Å². The highest BCUT2D eigenvalue weighted by Crippen LogP contribution is 2.32. The van der Waals surface area contributed by atoms with Crippen LogP contribution >= 0.6 is 0 Å². The summed E-state index contributed by atoms with van der Waals surface area (Å²) in [6.07, 6.45) is 0.882. The second-order valence-electron chi connectivity index (χ2n) is 5.53. The number of benzene rings is 1. The maximum atomic E-state index is 12.2. The topological polar surface area (TPSA) is 60.0 Å². The summed E-state index contributed by atoms with van der Waals surface area (Å²) < 4.78 is 16.6. The minimum Gasteiger partial charge on any atom is -0.490 e. The van der Waals surface area contributed by atoms with Crippen molar-refractivity contribution < 1.29 is 19.0 Å². The Morgan fingerprint density at radius 1 is 1.14 bits per heavy atom. The number of fused-ring (bicyclic) bond motifs is 1. The zero-order valence-corrected chi connectivity index (χ0v) is 12.8. The van der Waals surface area contributed by atoms with Gasteiger partial charge in [-0.3, -0.25) is 0 Å². The van der Waals surface area contributed by atoms with Crippen molar-refractivity contribution in [2.24, 2.45) is 0 Å². The molecule has 0 aromatic heterocycles. The first kappa shape index (κ1) is 15.0. The highest BCUT2D eigenvalue weighted by molar-refractivity contribution is 5.74. The van der Waals surface area contributed by atoms with E-state index in [-0.39, 0.29) is 12.1 Å². The Morgan fingerprint density at radius 3 is 2.64 bits per heavy atom. The highest BCUT2D eigenvalue weighted by Gasteiger charge is 2.20. The monoisotopic (exact) mass is 306 g/mol. The van der Waals surface area contributed by atoms with Gasteiger partial charge in [-0.2, -0.15) is 0 Å². The largest absolute Gasteiger partial charge is 0.490 e. The molecule has 0 aliphatic carbocycles. The van der Waals surface area contributed by atoms with Gasteiger partial charge in [0.15, 0.2) is 11.5 Å². The Balaban J connectivity index is 1.65. The fourth-order valence-corrected chi connectivity index (χ4v) is 2.58. The molecule has 0 bridgehead atoms. The van der Waals surface area contributed by atoms with Gasteiger partial charge in [-0.1, -0.05) is 6.07 Å².